The molecule has 0 aliphatic heterocycles. The van der Waals surface area contributed by atoms with Crippen LogP contribution in [0.15, 0.2) is 6.08 Å². The van der Waals surface area contributed by atoms with Gasteiger partial charge in [-0.3, -0.25) is 5.41 Å². The van der Waals surface area contributed by atoms with Crippen LogP contribution in [-0.4, -0.2) is 11.8 Å². The molecule has 3 nitrogen and oxygen atoms in total. The average molecular weight is 84.1 g/mol. The summed E-state index contributed by atoms with van der Waals surface area (Å²) in [7, 11) is 0. The Morgan fingerprint density at radius 3 is 2.50 bits per heavy atom. The van der Waals surface area contributed by atoms with Gasteiger partial charge in [0.15, 0.2) is 0 Å². The Balaban J connectivity index is 3.60. The minimum atomic E-state index is -0.259. The van der Waals surface area contributed by atoms with Crippen molar-refractivity contribution in [3.05, 3.63) is 6.08 Å². The van der Waals surface area contributed by atoms with Crippen molar-refractivity contribution in [2.75, 3.05) is 0 Å². The lowest BCUT2D eigenvalue weighted by molar-refractivity contribution is 0.569. The van der Waals surface area contributed by atoms with Crippen LogP contribution in [-0.2, 0) is 4.79 Å². The molecule has 0 spiro atoms. The second-order valence-electron chi connectivity index (χ2n) is 0.718. The summed E-state index contributed by atoms with van der Waals surface area (Å²) in [6, 6.07) is 0. The van der Waals surface area contributed by atoms with E-state index in [2.05, 4.69) is 5.73 Å². The maximum absolute atomic E-state index is 9.21. The van der Waals surface area contributed by atoms with Crippen LogP contribution < -0.4 is 5.73 Å². The number of nitrogens with one attached hydrogen (secondary N) is 1. The summed E-state index contributed by atoms with van der Waals surface area (Å²) < 4.78 is 0. The van der Waals surface area contributed by atoms with Gasteiger partial charge < -0.3 is 5.73 Å². The molecular formula is C3H4N2O. The molecule has 0 saturated carbocycles. The minimum Gasteiger partial charge on any atom is -0.384 e. The van der Waals surface area contributed by atoms with Crippen molar-refractivity contribution in [1.82, 2.24) is 0 Å². The first-order valence-corrected chi connectivity index (χ1v) is 1.32. The van der Waals surface area contributed by atoms with Crippen LogP contribution in [0.2, 0.25) is 0 Å². The molecule has 0 bridgehead atoms. The van der Waals surface area contributed by atoms with Gasteiger partial charge >= 0.3 is 0 Å². The Kier molecular flexibility index (Phi) is 1.78. The summed E-state index contributed by atoms with van der Waals surface area (Å²) in [5.41, 5.74) is 4.67. The molecule has 32 valence electrons. The second-order valence-corrected chi connectivity index (χ2v) is 0.718. The Labute approximate surface area is 35.0 Å². The summed E-state index contributed by atoms with van der Waals surface area (Å²) >= 11 is 0. The summed E-state index contributed by atoms with van der Waals surface area (Å²) in [4.78, 5) is 9.21. The number of amidine groups is 1. The molecule has 0 aliphatic rings. The van der Waals surface area contributed by atoms with E-state index in [1.54, 1.807) is 0 Å². The lowest BCUT2D eigenvalue weighted by atomic mass is 10.6. The zero-order chi connectivity index (χ0) is 4.99. The molecule has 0 aliphatic carbocycles. The SMILES string of the molecule is N=C(N)C=C=O. The van der Waals surface area contributed by atoms with E-state index in [1.807, 2.05) is 0 Å². The highest BCUT2D eigenvalue weighted by Gasteiger charge is 1.68. The van der Waals surface area contributed by atoms with E-state index in [4.69, 9.17) is 5.41 Å². The highest BCUT2D eigenvalue weighted by molar-refractivity contribution is 5.94. The lowest BCUT2D eigenvalue weighted by Gasteiger charge is -1.69. The fourth-order valence-electron chi connectivity index (χ4n) is 0.0635. The molecule has 0 unspecified atom stereocenters. The third-order valence-electron chi connectivity index (χ3n) is 0.214. The van der Waals surface area contributed by atoms with Crippen LogP contribution in [0.25, 0.3) is 0 Å². The van der Waals surface area contributed by atoms with Crippen LogP contribution in [0.5, 0.6) is 0 Å². The van der Waals surface area contributed by atoms with Gasteiger partial charge in [0.2, 0.25) is 0 Å². The maximum atomic E-state index is 9.21. The Bertz CT molecular complexity index is 101. The standard InChI is InChI=1S/C3H4N2O/c4-3(5)1-2-6/h1H,(H3,4,5). The van der Waals surface area contributed by atoms with Crippen molar-refractivity contribution in [2.24, 2.45) is 5.73 Å². The predicted octanol–water partition coefficient (Wildman–Crippen LogP) is -0.690. The van der Waals surface area contributed by atoms with Crippen LogP contribution in [0.1, 0.15) is 0 Å². The smallest absolute Gasteiger partial charge is 0.128 e. The summed E-state index contributed by atoms with van der Waals surface area (Å²) in [5, 5.41) is 6.35. The summed E-state index contributed by atoms with van der Waals surface area (Å²) in [5.74, 6) is 1.08. The van der Waals surface area contributed by atoms with E-state index in [-0.39, 0.29) is 5.84 Å². The van der Waals surface area contributed by atoms with Gasteiger partial charge in [-0.25, -0.2) is 4.79 Å². The zero-order valence-electron chi connectivity index (χ0n) is 3.06. The minimum absolute atomic E-state index is 0.259. The normalized spacial score (nSPS) is 6.00. The third kappa shape index (κ3) is 2.92. The maximum Gasteiger partial charge on any atom is 0.128 e. The van der Waals surface area contributed by atoms with Crippen LogP contribution >= 0.6 is 0 Å². The van der Waals surface area contributed by atoms with Gasteiger partial charge in [0.1, 0.15) is 11.8 Å². The van der Waals surface area contributed by atoms with E-state index in [0.717, 1.165) is 6.08 Å². The average Bonchev–Trinajstić information content (AvgIpc) is 1.35. The Morgan fingerprint density at radius 1 is 2.00 bits per heavy atom. The number of rotatable bonds is 1. The third-order valence-corrected chi connectivity index (χ3v) is 0.214. The number of nitrogens with two attached hydrogens (primary N) is 1. The molecule has 0 heterocycles. The van der Waals surface area contributed by atoms with Gasteiger partial charge in [0.25, 0.3) is 0 Å². The van der Waals surface area contributed by atoms with Crippen LogP contribution in [0.3, 0.4) is 0 Å². The number of hydrogen-bond donors (Lipinski definition) is 2. The molecule has 0 rings (SSSR count). The monoisotopic (exact) mass is 84.0 g/mol. The predicted molar refractivity (Wildman–Crippen MR) is 22.2 cm³/mol. The lowest BCUT2D eigenvalue weighted by Crippen LogP contribution is -2.04. The molecule has 3 heteroatoms. The molecule has 6 heavy (non-hydrogen) atoms. The zero-order valence-corrected chi connectivity index (χ0v) is 3.06. The quantitative estimate of drug-likeness (QED) is 0.251. The van der Waals surface area contributed by atoms with Crippen molar-refractivity contribution in [2.45, 2.75) is 0 Å². The van der Waals surface area contributed by atoms with Crippen LogP contribution in [0.4, 0.5) is 0 Å². The molecule has 0 atom stereocenters. The van der Waals surface area contributed by atoms with E-state index in [9.17, 15) is 4.79 Å². The molecule has 3 N–H and O–H groups in total. The van der Waals surface area contributed by atoms with Crippen molar-refractivity contribution in [3.8, 4) is 0 Å². The summed E-state index contributed by atoms with van der Waals surface area (Å²) in [6.45, 7) is 0. The molecular weight excluding hydrogens is 80.0 g/mol. The van der Waals surface area contributed by atoms with E-state index in [1.165, 1.54) is 5.94 Å². The molecule has 0 aromatic rings. The van der Waals surface area contributed by atoms with E-state index < -0.39 is 0 Å². The van der Waals surface area contributed by atoms with Gasteiger partial charge in [0, 0.05) is 0 Å². The highest BCUT2D eigenvalue weighted by atomic mass is 16.1. The van der Waals surface area contributed by atoms with Gasteiger partial charge in [-0.1, -0.05) is 0 Å². The molecule has 0 saturated heterocycles. The van der Waals surface area contributed by atoms with E-state index in [0.29, 0.717) is 0 Å². The van der Waals surface area contributed by atoms with Gasteiger partial charge in [-0.15, -0.1) is 0 Å². The molecule has 0 aromatic heterocycles. The first-order chi connectivity index (χ1) is 2.77. The van der Waals surface area contributed by atoms with Gasteiger partial charge in [0.05, 0.1) is 6.08 Å². The molecule has 0 radical (unpaired) electrons. The first-order valence-electron chi connectivity index (χ1n) is 1.32. The van der Waals surface area contributed by atoms with Gasteiger partial charge in [-0.05, 0) is 0 Å². The number of hydrogen-bond acceptors (Lipinski definition) is 2. The molecule has 0 fully saturated rings. The van der Waals surface area contributed by atoms with Crippen molar-refractivity contribution < 1.29 is 4.79 Å². The van der Waals surface area contributed by atoms with Crippen LogP contribution in [0, 0.1) is 5.41 Å². The van der Waals surface area contributed by atoms with E-state index >= 15 is 0 Å². The summed E-state index contributed by atoms with van der Waals surface area (Å²) in [6.07, 6.45) is 0.847. The van der Waals surface area contributed by atoms with Crippen molar-refractivity contribution >= 4 is 11.8 Å². The van der Waals surface area contributed by atoms with Crippen molar-refractivity contribution in [1.29, 1.82) is 5.41 Å². The van der Waals surface area contributed by atoms with Crippen molar-refractivity contribution in [3.63, 3.8) is 0 Å². The second kappa shape index (κ2) is 2.18. The Hall–Kier alpha value is -1.08. The highest BCUT2D eigenvalue weighted by Crippen LogP contribution is 1.49. The topological polar surface area (TPSA) is 66.9 Å². The first kappa shape index (κ1) is 4.92. The fraction of sp³-hybridized carbons (Fsp3) is 0. The van der Waals surface area contributed by atoms with Gasteiger partial charge in [-0.2, -0.15) is 0 Å². The molecule has 0 aromatic carbocycles. The Morgan fingerprint density at radius 2 is 2.50 bits per heavy atom. The number of carbonyl (C=O) groups excluding carboxylic acids is 1. The molecule has 0 amide bonds. The largest absolute Gasteiger partial charge is 0.384 e. The fourth-order valence-corrected chi connectivity index (χ4v) is 0.0635.